The number of carbonyl (C=O) groups excluding carboxylic acids is 2. The van der Waals surface area contributed by atoms with Gasteiger partial charge >= 0.3 is 0 Å². The first-order chi connectivity index (χ1) is 10.5. The van der Waals surface area contributed by atoms with E-state index in [0.717, 1.165) is 21.2 Å². The number of benzene rings is 2. The van der Waals surface area contributed by atoms with Crippen molar-refractivity contribution >= 4 is 45.1 Å². The first-order valence-electron chi connectivity index (χ1n) is 6.51. The van der Waals surface area contributed by atoms with E-state index in [1.807, 2.05) is 48.5 Å². The van der Waals surface area contributed by atoms with Crippen molar-refractivity contribution in [3.8, 4) is 0 Å². The topological polar surface area (TPSA) is 58.9 Å². The Morgan fingerprint density at radius 2 is 1.00 bits per heavy atom. The second kappa shape index (κ2) is 7.91. The third kappa shape index (κ3) is 5.46. The van der Waals surface area contributed by atoms with Crippen LogP contribution in [0.5, 0.6) is 0 Å². The quantitative estimate of drug-likeness (QED) is 0.558. The maximum Gasteiger partial charge on any atom is 0.190 e. The highest BCUT2D eigenvalue weighted by atomic mass is 32.2. The molecule has 0 radical (unpaired) electrons. The normalized spacial score (nSPS) is 10.8. The zero-order valence-electron chi connectivity index (χ0n) is 12.1. The van der Waals surface area contributed by atoms with Crippen molar-refractivity contribution in [1.29, 1.82) is 0 Å². The van der Waals surface area contributed by atoms with Crippen molar-refractivity contribution in [2.75, 3.05) is 0 Å². The van der Waals surface area contributed by atoms with Crippen LogP contribution >= 0.6 is 23.5 Å². The van der Waals surface area contributed by atoms with Gasteiger partial charge in [-0.1, -0.05) is 23.5 Å². The SMILES string of the molecule is CC(=O)Sc1ccc(N=Nc2ccc(SC(C)=O)cc2)cc1. The van der Waals surface area contributed by atoms with Gasteiger partial charge < -0.3 is 0 Å². The van der Waals surface area contributed by atoms with Crippen LogP contribution in [0, 0.1) is 0 Å². The Labute approximate surface area is 137 Å². The number of rotatable bonds is 4. The lowest BCUT2D eigenvalue weighted by molar-refractivity contribution is -0.109. The van der Waals surface area contributed by atoms with Gasteiger partial charge in [0.25, 0.3) is 0 Å². The molecule has 0 N–H and O–H groups in total. The number of carbonyl (C=O) groups is 2. The summed E-state index contributed by atoms with van der Waals surface area (Å²) in [5, 5.41) is 8.40. The second-order valence-corrected chi connectivity index (χ2v) is 6.88. The van der Waals surface area contributed by atoms with E-state index in [2.05, 4.69) is 10.2 Å². The standard InChI is InChI=1S/C16H14N2O2S2/c1-11(19)21-15-7-3-13(4-8-15)17-18-14-5-9-16(10-6-14)22-12(2)20/h3-10H,1-2H3. The largest absolute Gasteiger partial charge is 0.287 e. The summed E-state index contributed by atoms with van der Waals surface area (Å²) in [5.74, 6) is 0. The molecular formula is C16H14N2O2S2. The van der Waals surface area contributed by atoms with Crippen LogP contribution in [0.1, 0.15) is 13.8 Å². The van der Waals surface area contributed by atoms with E-state index in [0.29, 0.717) is 0 Å². The third-order valence-electron chi connectivity index (χ3n) is 2.48. The monoisotopic (exact) mass is 330 g/mol. The molecule has 0 saturated heterocycles. The van der Waals surface area contributed by atoms with E-state index in [-0.39, 0.29) is 10.2 Å². The predicted molar refractivity (Wildman–Crippen MR) is 90.1 cm³/mol. The van der Waals surface area contributed by atoms with E-state index in [1.165, 1.54) is 37.4 Å². The Bertz CT molecular complexity index is 634. The van der Waals surface area contributed by atoms with Crippen LogP contribution < -0.4 is 0 Å². The van der Waals surface area contributed by atoms with Gasteiger partial charge in [0.15, 0.2) is 10.2 Å². The molecule has 2 aromatic rings. The van der Waals surface area contributed by atoms with Crippen LogP contribution in [0.3, 0.4) is 0 Å². The van der Waals surface area contributed by atoms with Gasteiger partial charge in [-0.05, 0) is 48.5 Å². The fourth-order valence-corrected chi connectivity index (χ4v) is 2.82. The molecule has 0 aliphatic rings. The minimum atomic E-state index is 0.0536. The average molecular weight is 330 g/mol. The Balaban J connectivity index is 2.01. The zero-order valence-corrected chi connectivity index (χ0v) is 13.8. The van der Waals surface area contributed by atoms with Crippen molar-refractivity contribution in [2.45, 2.75) is 23.6 Å². The molecule has 0 amide bonds. The van der Waals surface area contributed by atoms with E-state index >= 15 is 0 Å². The van der Waals surface area contributed by atoms with E-state index < -0.39 is 0 Å². The van der Waals surface area contributed by atoms with Gasteiger partial charge in [0.1, 0.15) is 0 Å². The fraction of sp³-hybridized carbons (Fsp3) is 0.125. The molecule has 22 heavy (non-hydrogen) atoms. The molecule has 0 aromatic heterocycles. The molecule has 0 saturated carbocycles. The van der Waals surface area contributed by atoms with Gasteiger partial charge in [0, 0.05) is 23.6 Å². The molecule has 0 fully saturated rings. The summed E-state index contributed by atoms with van der Waals surface area (Å²) in [6, 6.07) is 14.6. The number of hydrogen-bond donors (Lipinski definition) is 0. The molecule has 0 spiro atoms. The number of nitrogens with zero attached hydrogens (tertiary/aromatic N) is 2. The Hall–Kier alpha value is -1.92. The molecule has 2 rings (SSSR count). The summed E-state index contributed by atoms with van der Waals surface area (Å²) in [7, 11) is 0. The summed E-state index contributed by atoms with van der Waals surface area (Å²) in [6.07, 6.45) is 0. The summed E-state index contributed by atoms with van der Waals surface area (Å²) in [6.45, 7) is 3.07. The molecule has 6 heteroatoms. The molecule has 0 atom stereocenters. The Morgan fingerprint density at radius 3 is 1.27 bits per heavy atom. The summed E-state index contributed by atoms with van der Waals surface area (Å²) < 4.78 is 0. The maximum atomic E-state index is 11.0. The van der Waals surface area contributed by atoms with Crippen LogP contribution in [-0.4, -0.2) is 10.2 Å². The van der Waals surface area contributed by atoms with Gasteiger partial charge in [-0.15, -0.1) is 0 Å². The van der Waals surface area contributed by atoms with Crippen molar-refractivity contribution < 1.29 is 9.59 Å². The van der Waals surface area contributed by atoms with Crippen molar-refractivity contribution in [3.05, 3.63) is 48.5 Å². The minimum absolute atomic E-state index is 0.0536. The first-order valence-corrected chi connectivity index (χ1v) is 8.15. The van der Waals surface area contributed by atoms with Crippen LogP contribution in [0.15, 0.2) is 68.6 Å². The number of azo groups is 1. The van der Waals surface area contributed by atoms with Gasteiger partial charge in [-0.2, -0.15) is 10.2 Å². The molecule has 4 nitrogen and oxygen atoms in total. The predicted octanol–water partition coefficient (Wildman–Crippen LogP) is 5.38. The van der Waals surface area contributed by atoms with Crippen LogP contribution in [0.25, 0.3) is 0 Å². The molecule has 0 heterocycles. The highest BCUT2D eigenvalue weighted by Gasteiger charge is 2.00. The van der Waals surface area contributed by atoms with E-state index in [1.54, 1.807) is 0 Å². The Morgan fingerprint density at radius 1 is 0.682 bits per heavy atom. The summed E-state index contributed by atoms with van der Waals surface area (Å²) >= 11 is 2.37. The van der Waals surface area contributed by atoms with E-state index in [4.69, 9.17) is 0 Å². The smallest absolute Gasteiger partial charge is 0.190 e. The van der Waals surface area contributed by atoms with Crippen LogP contribution in [-0.2, 0) is 9.59 Å². The first kappa shape index (κ1) is 16.5. The van der Waals surface area contributed by atoms with E-state index in [9.17, 15) is 9.59 Å². The van der Waals surface area contributed by atoms with Gasteiger partial charge in [0.2, 0.25) is 0 Å². The lowest BCUT2D eigenvalue weighted by Crippen LogP contribution is -1.80. The van der Waals surface area contributed by atoms with Gasteiger partial charge in [-0.25, -0.2) is 0 Å². The maximum absolute atomic E-state index is 11.0. The lowest BCUT2D eigenvalue weighted by Gasteiger charge is -1.98. The lowest BCUT2D eigenvalue weighted by atomic mass is 10.3. The third-order valence-corrected chi connectivity index (χ3v) is 4.07. The molecule has 0 unspecified atom stereocenters. The van der Waals surface area contributed by atoms with Gasteiger partial charge in [0.05, 0.1) is 11.4 Å². The van der Waals surface area contributed by atoms with Crippen molar-refractivity contribution in [3.63, 3.8) is 0 Å². The molecule has 0 aliphatic carbocycles. The van der Waals surface area contributed by atoms with Crippen molar-refractivity contribution in [1.82, 2.24) is 0 Å². The van der Waals surface area contributed by atoms with Gasteiger partial charge in [-0.3, -0.25) is 9.59 Å². The fourth-order valence-electron chi connectivity index (χ4n) is 1.61. The highest BCUT2D eigenvalue weighted by molar-refractivity contribution is 8.13. The van der Waals surface area contributed by atoms with Crippen LogP contribution in [0.2, 0.25) is 0 Å². The average Bonchev–Trinajstić information content (AvgIpc) is 2.47. The number of hydrogen-bond acceptors (Lipinski definition) is 6. The zero-order chi connectivity index (χ0) is 15.9. The second-order valence-electron chi connectivity index (χ2n) is 4.38. The molecular weight excluding hydrogens is 316 g/mol. The minimum Gasteiger partial charge on any atom is -0.287 e. The van der Waals surface area contributed by atoms with Crippen molar-refractivity contribution in [2.24, 2.45) is 10.2 Å². The molecule has 0 aliphatic heterocycles. The molecule has 112 valence electrons. The van der Waals surface area contributed by atoms with Crippen LogP contribution in [0.4, 0.5) is 11.4 Å². The number of thioether (sulfide) groups is 2. The summed E-state index contributed by atoms with van der Waals surface area (Å²) in [5.41, 5.74) is 1.44. The Kier molecular flexibility index (Phi) is 5.91. The summed E-state index contributed by atoms with van der Waals surface area (Å²) in [4.78, 5) is 23.8. The molecule has 2 aromatic carbocycles. The highest BCUT2D eigenvalue weighted by Crippen LogP contribution is 2.25. The molecule has 0 bridgehead atoms.